The second kappa shape index (κ2) is 9.96. The lowest BCUT2D eigenvalue weighted by molar-refractivity contribution is -0.0281. The predicted octanol–water partition coefficient (Wildman–Crippen LogP) is 8.42. The van der Waals surface area contributed by atoms with Crippen LogP contribution in [0.2, 0.25) is 0 Å². The van der Waals surface area contributed by atoms with Crippen molar-refractivity contribution in [2.24, 2.45) is 17.8 Å². The number of phenols is 2. The van der Waals surface area contributed by atoms with Crippen LogP contribution in [-0.2, 0) is 18.3 Å². The van der Waals surface area contributed by atoms with E-state index in [4.69, 9.17) is 0 Å². The first-order valence-corrected chi connectivity index (χ1v) is 14.2. The number of unbranched alkanes of at least 4 members (excludes halogenated alkanes) is 4. The molecule has 4 aliphatic carbocycles. The van der Waals surface area contributed by atoms with Crippen molar-refractivity contribution in [3.63, 3.8) is 0 Å². The molecule has 2 heteroatoms. The number of hydrogen-bond acceptors (Lipinski definition) is 2. The molecule has 4 saturated carbocycles. The summed E-state index contributed by atoms with van der Waals surface area (Å²) in [5.41, 5.74) is 5.39. The van der Waals surface area contributed by atoms with Crippen molar-refractivity contribution in [2.75, 3.05) is 0 Å². The largest absolute Gasteiger partial charge is 0.508 e. The summed E-state index contributed by atoms with van der Waals surface area (Å²) < 4.78 is 0. The van der Waals surface area contributed by atoms with Crippen molar-refractivity contribution in [3.05, 3.63) is 58.7 Å². The highest BCUT2D eigenvalue weighted by Crippen LogP contribution is 2.66. The number of aryl methyl sites for hydroxylation is 2. The Kier molecular flexibility index (Phi) is 6.96. The molecule has 2 nitrogen and oxygen atoms in total. The van der Waals surface area contributed by atoms with Gasteiger partial charge in [0.2, 0.25) is 0 Å². The third-order valence-electron chi connectivity index (χ3n) is 9.53. The Bertz CT molecular complexity index is 979. The van der Waals surface area contributed by atoms with Crippen molar-refractivity contribution >= 4 is 0 Å². The van der Waals surface area contributed by atoms with Crippen LogP contribution >= 0.6 is 0 Å². The fourth-order valence-corrected chi connectivity index (χ4v) is 8.27. The third-order valence-corrected chi connectivity index (χ3v) is 9.53. The molecular weight excluding hydrogens is 416 g/mol. The summed E-state index contributed by atoms with van der Waals surface area (Å²) in [6.07, 6.45) is 15.8. The molecule has 2 aromatic carbocycles. The normalized spacial score (nSPS) is 29.6. The molecule has 0 saturated heterocycles. The molecule has 2 N–H and O–H groups in total. The summed E-state index contributed by atoms with van der Waals surface area (Å²) >= 11 is 0. The van der Waals surface area contributed by atoms with Crippen LogP contribution in [0.5, 0.6) is 11.5 Å². The van der Waals surface area contributed by atoms with Gasteiger partial charge in [-0.15, -0.1) is 0 Å². The van der Waals surface area contributed by atoms with Gasteiger partial charge in [-0.05, 0) is 116 Å². The maximum Gasteiger partial charge on any atom is 0.118 e. The first-order valence-electron chi connectivity index (χ1n) is 14.2. The number of aromatic hydroxyl groups is 2. The highest BCUT2D eigenvalue weighted by molar-refractivity contribution is 5.46. The third kappa shape index (κ3) is 4.38. The Balaban J connectivity index is 1.53. The quantitative estimate of drug-likeness (QED) is 0.349. The van der Waals surface area contributed by atoms with Crippen molar-refractivity contribution in [3.8, 4) is 11.5 Å². The second-order valence-electron chi connectivity index (χ2n) is 11.9. The molecule has 0 amide bonds. The van der Waals surface area contributed by atoms with Crippen LogP contribution in [0.3, 0.4) is 0 Å². The zero-order valence-corrected chi connectivity index (χ0v) is 21.4. The van der Waals surface area contributed by atoms with E-state index in [2.05, 4.69) is 38.1 Å². The predicted molar refractivity (Wildman–Crippen MR) is 141 cm³/mol. The molecule has 0 aromatic heterocycles. The highest BCUT2D eigenvalue weighted by atomic mass is 16.3. The average Bonchev–Trinajstić information content (AvgIpc) is 2.81. The molecule has 3 atom stereocenters. The fraction of sp³-hybridized carbons (Fsp3) is 0.625. The molecule has 0 heterocycles. The molecule has 2 aromatic rings. The molecule has 0 radical (unpaired) electrons. The van der Waals surface area contributed by atoms with Gasteiger partial charge in [-0.2, -0.15) is 0 Å². The number of phenolic OH excluding ortho intramolecular Hbond substituents is 2. The fourth-order valence-electron chi connectivity index (χ4n) is 8.27. The lowest BCUT2D eigenvalue weighted by Crippen LogP contribution is -2.53. The lowest BCUT2D eigenvalue weighted by atomic mass is 9.42. The van der Waals surface area contributed by atoms with E-state index < -0.39 is 0 Å². The van der Waals surface area contributed by atoms with Crippen LogP contribution in [0, 0.1) is 17.8 Å². The molecule has 4 aliphatic rings. The van der Waals surface area contributed by atoms with Gasteiger partial charge >= 0.3 is 0 Å². The van der Waals surface area contributed by atoms with E-state index in [9.17, 15) is 10.2 Å². The zero-order chi connectivity index (χ0) is 23.7. The summed E-state index contributed by atoms with van der Waals surface area (Å²) in [5, 5.41) is 21.2. The number of benzene rings is 2. The van der Waals surface area contributed by atoms with Crippen molar-refractivity contribution in [2.45, 2.75) is 109 Å². The summed E-state index contributed by atoms with van der Waals surface area (Å²) in [4.78, 5) is 0. The molecular formula is C32H44O2. The standard InChI is InChI=1S/C32H44O2/c1-3-5-7-9-24-18-26(11-13-29(24)33)31-27-16-22-15-23(17-27)21-32(31,20-22)28-12-14-30(34)25(19-28)10-8-6-4-2/h11-14,18-19,22-23,27,31,33-34H,3-10,15-17,20-21H2,1-2H3. The monoisotopic (exact) mass is 460 g/mol. The number of hydrogen-bond donors (Lipinski definition) is 2. The molecule has 3 unspecified atom stereocenters. The van der Waals surface area contributed by atoms with Crippen molar-refractivity contribution < 1.29 is 10.2 Å². The van der Waals surface area contributed by atoms with Gasteiger partial charge in [0.05, 0.1) is 0 Å². The SMILES string of the molecule is CCCCCc1cc(C2C3CC4CC(C3)CC2(c2ccc(O)c(CCCCC)c2)C4)ccc1O. The first kappa shape index (κ1) is 23.8. The van der Waals surface area contributed by atoms with Gasteiger partial charge in [0, 0.05) is 5.41 Å². The van der Waals surface area contributed by atoms with Crippen LogP contribution in [0.1, 0.15) is 113 Å². The highest BCUT2D eigenvalue weighted by Gasteiger charge is 2.58. The maximum absolute atomic E-state index is 10.6. The molecule has 4 bridgehead atoms. The smallest absolute Gasteiger partial charge is 0.118 e. The molecule has 6 rings (SSSR count). The number of rotatable bonds is 10. The molecule has 0 aliphatic heterocycles. The van der Waals surface area contributed by atoms with Gasteiger partial charge in [-0.3, -0.25) is 0 Å². The van der Waals surface area contributed by atoms with Crippen LogP contribution in [0.25, 0.3) is 0 Å². The van der Waals surface area contributed by atoms with Crippen LogP contribution < -0.4 is 0 Å². The van der Waals surface area contributed by atoms with Gasteiger partial charge < -0.3 is 10.2 Å². The topological polar surface area (TPSA) is 40.5 Å². The maximum atomic E-state index is 10.6. The van der Waals surface area contributed by atoms with Gasteiger partial charge in [-0.1, -0.05) is 63.8 Å². The van der Waals surface area contributed by atoms with Crippen molar-refractivity contribution in [1.82, 2.24) is 0 Å². The minimum atomic E-state index is 0.180. The van der Waals surface area contributed by atoms with E-state index in [1.165, 1.54) is 68.9 Å². The minimum absolute atomic E-state index is 0.180. The van der Waals surface area contributed by atoms with Gasteiger partial charge in [0.1, 0.15) is 11.5 Å². The van der Waals surface area contributed by atoms with Crippen LogP contribution in [0.4, 0.5) is 0 Å². The Morgan fingerprint density at radius 2 is 1.32 bits per heavy atom. The Labute approximate surface area is 206 Å². The summed E-state index contributed by atoms with van der Waals surface area (Å²) in [5.74, 6) is 3.93. The van der Waals surface area contributed by atoms with E-state index in [1.54, 1.807) is 0 Å². The van der Waals surface area contributed by atoms with E-state index in [0.29, 0.717) is 17.4 Å². The van der Waals surface area contributed by atoms with E-state index in [-0.39, 0.29) is 5.41 Å². The van der Waals surface area contributed by atoms with E-state index >= 15 is 0 Å². The summed E-state index contributed by atoms with van der Waals surface area (Å²) in [7, 11) is 0. The van der Waals surface area contributed by atoms with Gasteiger partial charge in [-0.25, -0.2) is 0 Å². The molecule has 184 valence electrons. The van der Waals surface area contributed by atoms with Crippen LogP contribution in [-0.4, -0.2) is 10.2 Å². The lowest BCUT2D eigenvalue weighted by Gasteiger charge is -2.62. The van der Waals surface area contributed by atoms with E-state index in [1.807, 2.05) is 12.1 Å². The average molecular weight is 461 g/mol. The molecule has 0 spiro atoms. The van der Waals surface area contributed by atoms with Crippen LogP contribution in [0.15, 0.2) is 36.4 Å². The second-order valence-corrected chi connectivity index (χ2v) is 11.9. The van der Waals surface area contributed by atoms with Gasteiger partial charge in [0.25, 0.3) is 0 Å². The Morgan fingerprint density at radius 3 is 1.94 bits per heavy atom. The zero-order valence-electron chi connectivity index (χ0n) is 21.4. The van der Waals surface area contributed by atoms with Gasteiger partial charge in [0.15, 0.2) is 0 Å². The van der Waals surface area contributed by atoms with E-state index in [0.717, 1.165) is 54.6 Å². The van der Waals surface area contributed by atoms with Crippen molar-refractivity contribution in [1.29, 1.82) is 0 Å². The molecule has 34 heavy (non-hydrogen) atoms. The Morgan fingerprint density at radius 1 is 0.735 bits per heavy atom. The summed E-state index contributed by atoms with van der Waals surface area (Å²) in [6.45, 7) is 4.48. The minimum Gasteiger partial charge on any atom is -0.508 e. The first-order chi connectivity index (χ1) is 16.5. The summed E-state index contributed by atoms with van der Waals surface area (Å²) in [6, 6.07) is 13.2. The Hall–Kier alpha value is -1.96. The molecule has 4 fully saturated rings.